The number of aryl methyl sites for hydroxylation is 1. The molecule has 1 atom stereocenters. The Labute approximate surface area is 168 Å². The number of nitrogens with zero attached hydrogens (tertiary/aromatic N) is 6. The average Bonchev–Trinajstić information content (AvgIpc) is 3.02. The van der Waals surface area contributed by atoms with E-state index in [9.17, 15) is 14.9 Å². The van der Waals surface area contributed by atoms with E-state index in [0.29, 0.717) is 31.0 Å². The number of anilines is 1. The Morgan fingerprint density at radius 1 is 1.24 bits per heavy atom. The van der Waals surface area contributed by atoms with Crippen LogP contribution in [0.3, 0.4) is 0 Å². The molecule has 0 spiro atoms. The average molecular weight is 395 g/mol. The van der Waals surface area contributed by atoms with Crippen molar-refractivity contribution in [3.8, 4) is 12.1 Å². The van der Waals surface area contributed by atoms with E-state index >= 15 is 0 Å². The lowest BCUT2D eigenvalue weighted by atomic mass is 10.1. The minimum atomic E-state index is -0.609. The van der Waals surface area contributed by atoms with Crippen molar-refractivity contribution in [3.05, 3.63) is 38.1 Å². The van der Waals surface area contributed by atoms with Crippen LogP contribution in [-0.2, 0) is 20.1 Å². The monoisotopic (exact) mass is 395 g/mol. The van der Waals surface area contributed by atoms with Crippen LogP contribution in [0, 0.1) is 22.7 Å². The van der Waals surface area contributed by atoms with E-state index in [1.165, 1.54) is 11.6 Å². The summed E-state index contributed by atoms with van der Waals surface area (Å²) in [5, 5.41) is 19.0. The molecule has 1 aliphatic rings. The summed E-state index contributed by atoms with van der Waals surface area (Å²) in [6.45, 7) is 5.23. The predicted molar refractivity (Wildman–Crippen MR) is 111 cm³/mol. The summed E-state index contributed by atoms with van der Waals surface area (Å²) < 4.78 is 3.99. The van der Waals surface area contributed by atoms with Crippen molar-refractivity contribution in [2.75, 3.05) is 18.0 Å². The molecule has 2 aromatic rings. The number of hydrogen-bond donors (Lipinski definition) is 1. The summed E-state index contributed by atoms with van der Waals surface area (Å²) in [6, 6.07) is 4.05. The van der Waals surface area contributed by atoms with Gasteiger partial charge in [0.25, 0.3) is 5.56 Å². The molecule has 152 valence electrons. The molecule has 29 heavy (non-hydrogen) atoms. The molecule has 3 rings (SSSR count). The molecule has 3 heterocycles. The Kier molecular flexibility index (Phi) is 5.62. The van der Waals surface area contributed by atoms with Crippen molar-refractivity contribution >= 4 is 16.9 Å². The zero-order valence-electron chi connectivity index (χ0n) is 17.0. The molecule has 9 nitrogen and oxygen atoms in total. The van der Waals surface area contributed by atoms with Crippen LogP contribution < -0.4 is 21.9 Å². The van der Waals surface area contributed by atoms with Crippen molar-refractivity contribution in [2.45, 2.75) is 45.8 Å². The number of fused-ring (bicyclic) bond motifs is 1. The fourth-order valence-electron chi connectivity index (χ4n) is 3.92. The second-order valence-corrected chi connectivity index (χ2v) is 7.64. The van der Waals surface area contributed by atoms with Gasteiger partial charge in [-0.2, -0.15) is 10.5 Å². The summed E-state index contributed by atoms with van der Waals surface area (Å²) in [5.41, 5.74) is 6.90. The van der Waals surface area contributed by atoms with Gasteiger partial charge < -0.3 is 15.2 Å². The Hall–Kier alpha value is -3.30. The minimum Gasteiger partial charge on any atom is -0.355 e. The van der Waals surface area contributed by atoms with Crippen LogP contribution in [0.2, 0.25) is 0 Å². The molecule has 1 aliphatic heterocycles. The third kappa shape index (κ3) is 3.45. The molecule has 0 amide bonds. The number of rotatable bonds is 4. The predicted octanol–water partition coefficient (Wildman–Crippen LogP) is 0.791. The molecule has 9 heteroatoms. The van der Waals surface area contributed by atoms with Crippen LogP contribution in [0.4, 0.5) is 5.82 Å². The molecular formula is C20H25N7O2. The standard InChI is InChI=1S/C20H25N7O2/c1-13(2)6-9-26-17-16(24(3)20(29)27(10-7-21)19(17)28)15(11-22)18(26)25-8-4-5-14(23)12-25/h6,14H,4-5,8-10,12,23H2,1-3H3/t14-/m0/s1. The first kappa shape index (κ1) is 20.4. The zero-order chi connectivity index (χ0) is 21.3. The van der Waals surface area contributed by atoms with E-state index in [1.54, 1.807) is 4.57 Å². The molecule has 0 aliphatic carbocycles. The van der Waals surface area contributed by atoms with Crippen molar-refractivity contribution < 1.29 is 0 Å². The van der Waals surface area contributed by atoms with Crippen molar-refractivity contribution in [1.29, 1.82) is 10.5 Å². The molecule has 0 radical (unpaired) electrons. The first-order chi connectivity index (χ1) is 13.8. The normalized spacial score (nSPS) is 16.5. The second-order valence-electron chi connectivity index (χ2n) is 7.64. The molecule has 2 N–H and O–H groups in total. The van der Waals surface area contributed by atoms with Gasteiger partial charge in [0.2, 0.25) is 0 Å². The van der Waals surface area contributed by atoms with Crippen LogP contribution in [0.5, 0.6) is 0 Å². The van der Waals surface area contributed by atoms with E-state index in [4.69, 9.17) is 11.0 Å². The lowest BCUT2D eigenvalue weighted by molar-refractivity contribution is 0.498. The molecule has 1 saturated heterocycles. The third-order valence-electron chi connectivity index (χ3n) is 5.29. The summed E-state index contributed by atoms with van der Waals surface area (Å²) in [5.74, 6) is 0.608. The van der Waals surface area contributed by atoms with E-state index < -0.39 is 11.2 Å². The summed E-state index contributed by atoms with van der Waals surface area (Å²) in [7, 11) is 1.52. The van der Waals surface area contributed by atoms with Gasteiger partial charge in [-0.15, -0.1) is 0 Å². The smallest absolute Gasteiger partial charge is 0.332 e. The topological polar surface area (TPSA) is 126 Å². The van der Waals surface area contributed by atoms with E-state index in [2.05, 4.69) is 6.07 Å². The van der Waals surface area contributed by atoms with E-state index in [-0.39, 0.29) is 23.7 Å². The first-order valence-corrected chi connectivity index (χ1v) is 9.58. The highest BCUT2D eigenvalue weighted by Crippen LogP contribution is 2.32. The molecule has 0 aromatic carbocycles. The maximum Gasteiger partial charge on any atom is 0.332 e. The highest BCUT2D eigenvalue weighted by atomic mass is 16.2. The fraction of sp³-hybridized carbons (Fsp3) is 0.500. The van der Waals surface area contributed by atoms with Crippen molar-refractivity contribution in [2.24, 2.45) is 12.8 Å². The van der Waals surface area contributed by atoms with Crippen LogP contribution in [-0.4, -0.2) is 32.8 Å². The lowest BCUT2D eigenvalue weighted by Gasteiger charge is -2.33. The highest BCUT2D eigenvalue weighted by Gasteiger charge is 2.29. The van der Waals surface area contributed by atoms with Gasteiger partial charge in [0.15, 0.2) is 0 Å². The summed E-state index contributed by atoms with van der Waals surface area (Å²) in [6.07, 6.45) is 3.75. The molecule has 0 unspecified atom stereocenters. The van der Waals surface area contributed by atoms with Crippen molar-refractivity contribution in [3.63, 3.8) is 0 Å². The summed E-state index contributed by atoms with van der Waals surface area (Å²) in [4.78, 5) is 27.9. The number of hydrogen-bond acceptors (Lipinski definition) is 6. The molecular weight excluding hydrogens is 370 g/mol. The Morgan fingerprint density at radius 3 is 2.55 bits per heavy atom. The highest BCUT2D eigenvalue weighted by molar-refractivity contribution is 5.90. The van der Waals surface area contributed by atoms with Gasteiger partial charge in [0.05, 0.1) is 11.6 Å². The lowest BCUT2D eigenvalue weighted by Crippen LogP contribution is -2.44. The van der Waals surface area contributed by atoms with Gasteiger partial charge in [-0.05, 0) is 26.7 Å². The Morgan fingerprint density at radius 2 is 1.97 bits per heavy atom. The quantitative estimate of drug-likeness (QED) is 0.763. The minimum absolute atomic E-state index is 0.0238. The molecule has 0 saturated carbocycles. The number of piperidine rings is 1. The van der Waals surface area contributed by atoms with Crippen LogP contribution in [0.25, 0.3) is 11.0 Å². The number of nitriles is 2. The van der Waals surface area contributed by atoms with Gasteiger partial charge in [0, 0.05) is 32.7 Å². The third-order valence-corrected chi connectivity index (χ3v) is 5.29. The molecule has 0 bridgehead atoms. The SMILES string of the molecule is CC(C)=CCn1c(N2CCC[C@H](N)C2)c(C#N)c2c1c(=O)n(CC#N)c(=O)n2C. The number of allylic oxidation sites excluding steroid dienone is 2. The van der Waals surface area contributed by atoms with Gasteiger partial charge >= 0.3 is 5.69 Å². The first-order valence-electron chi connectivity index (χ1n) is 9.58. The van der Waals surface area contributed by atoms with Gasteiger partial charge in [-0.25, -0.2) is 9.36 Å². The maximum atomic E-state index is 13.2. The van der Waals surface area contributed by atoms with Crippen LogP contribution >= 0.6 is 0 Å². The summed E-state index contributed by atoms with van der Waals surface area (Å²) >= 11 is 0. The Bertz CT molecular complexity index is 1180. The van der Waals surface area contributed by atoms with E-state index in [1.807, 2.05) is 30.9 Å². The van der Waals surface area contributed by atoms with Crippen LogP contribution in [0.15, 0.2) is 21.2 Å². The van der Waals surface area contributed by atoms with E-state index in [0.717, 1.165) is 23.0 Å². The number of nitrogens with two attached hydrogens (primary N) is 1. The molecule has 2 aromatic heterocycles. The van der Waals surface area contributed by atoms with Gasteiger partial charge in [-0.3, -0.25) is 9.36 Å². The van der Waals surface area contributed by atoms with Crippen molar-refractivity contribution in [1.82, 2.24) is 13.7 Å². The largest absolute Gasteiger partial charge is 0.355 e. The second kappa shape index (κ2) is 7.98. The maximum absolute atomic E-state index is 13.2. The van der Waals surface area contributed by atoms with Crippen LogP contribution in [0.1, 0.15) is 32.3 Å². The number of aromatic nitrogens is 3. The van der Waals surface area contributed by atoms with Gasteiger partial charge in [0.1, 0.15) is 29.5 Å². The Balaban J connectivity index is 2.46. The zero-order valence-corrected chi connectivity index (χ0v) is 17.0. The molecule has 1 fully saturated rings. The fourth-order valence-corrected chi connectivity index (χ4v) is 3.92. The van der Waals surface area contributed by atoms with Gasteiger partial charge in [-0.1, -0.05) is 11.6 Å².